The molecule has 76 valence electrons. The van der Waals surface area contributed by atoms with Crippen LogP contribution in [0, 0.1) is 0 Å². The summed E-state index contributed by atoms with van der Waals surface area (Å²) < 4.78 is 8.68. The second-order valence-electron chi connectivity index (χ2n) is 2.79. The number of carboxylic acids is 1. The van der Waals surface area contributed by atoms with Crippen LogP contribution in [0.15, 0.2) is 0 Å². The molecule has 0 spiro atoms. The van der Waals surface area contributed by atoms with Crippen molar-refractivity contribution in [2.45, 2.75) is 6.10 Å². The highest BCUT2D eigenvalue weighted by Gasteiger charge is 2.27. The topological polar surface area (TPSA) is 88.4 Å². The number of hydrogen-bond donors (Lipinski definition) is 1. The highest BCUT2D eigenvalue weighted by atomic mass is 32.1. The number of morpholine rings is 1. The van der Waals surface area contributed by atoms with Crippen LogP contribution >= 0.6 is 11.5 Å². The number of hydrogen-bond acceptors (Lipinski definition) is 7. The lowest BCUT2D eigenvalue weighted by atomic mass is 10.3. The van der Waals surface area contributed by atoms with E-state index >= 15 is 0 Å². The molecule has 0 aromatic carbocycles. The summed E-state index contributed by atoms with van der Waals surface area (Å²) in [6, 6.07) is 0. The van der Waals surface area contributed by atoms with E-state index in [0.717, 1.165) is 11.5 Å². The van der Waals surface area contributed by atoms with E-state index in [1.54, 1.807) is 0 Å². The molecule has 0 aliphatic carbocycles. The van der Waals surface area contributed by atoms with Crippen molar-refractivity contribution in [1.29, 1.82) is 0 Å². The number of anilines is 1. The molecule has 0 saturated carbocycles. The van der Waals surface area contributed by atoms with Crippen molar-refractivity contribution in [3.8, 4) is 0 Å². The first-order valence-corrected chi connectivity index (χ1v) is 4.79. The monoisotopic (exact) mass is 216 g/mol. The van der Waals surface area contributed by atoms with Crippen LogP contribution < -0.4 is 4.90 Å². The molecule has 14 heavy (non-hydrogen) atoms. The lowest BCUT2D eigenvalue weighted by Gasteiger charge is -2.29. The van der Waals surface area contributed by atoms with E-state index in [1.807, 2.05) is 4.90 Å². The van der Waals surface area contributed by atoms with Gasteiger partial charge in [0.25, 0.3) is 0 Å². The first-order chi connectivity index (χ1) is 6.77. The van der Waals surface area contributed by atoms with Gasteiger partial charge in [-0.25, -0.2) is 4.79 Å². The molecule has 1 saturated heterocycles. The van der Waals surface area contributed by atoms with Crippen molar-refractivity contribution in [2.24, 2.45) is 0 Å². The van der Waals surface area contributed by atoms with Crippen molar-refractivity contribution in [3.05, 3.63) is 0 Å². The van der Waals surface area contributed by atoms with E-state index < -0.39 is 12.1 Å². The SMILES string of the molecule is O=C(O)C1CN(c2nnns2)CCO1. The zero-order valence-electron chi connectivity index (χ0n) is 7.16. The summed E-state index contributed by atoms with van der Waals surface area (Å²) in [5.74, 6) is -0.952. The third kappa shape index (κ3) is 1.80. The van der Waals surface area contributed by atoms with Gasteiger partial charge in [-0.3, -0.25) is 0 Å². The Morgan fingerprint density at radius 1 is 1.71 bits per heavy atom. The summed E-state index contributed by atoms with van der Waals surface area (Å²) in [5.41, 5.74) is 0. The van der Waals surface area contributed by atoms with Gasteiger partial charge in [0.2, 0.25) is 5.13 Å². The van der Waals surface area contributed by atoms with Gasteiger partial charge in [-0.2, -0.15) is 0 Å². The number of nitrogens with zero attached hydrogens (tertiary/aromatic N) is 4. The zero-order chi connectivity index (χ0) is 9.97. The minimum absolute atomic E-state index is 0.298. The highest BCUT2D eigenvalue weighted by molar-refractivity contribution is 7.09. The fourth-order valence-corrected chi connectivity index (χ4v) is 1.72. The number of ether oxygens (including phenoxy) is 1. The van der Waals surface area contributed by atoms with Crippen molar-refractivity contribution in [2.75, 3.05) is 24.6 Å². The second kappa shape index (κ2) is 3.84. The van der Waals surface area contributed by atoms with Crippen LogP contribution in [0.5, 0.6) is 0 Å². The Kier molecular flexibility index (Phi) is 2.55. The Balaban J connectivity index is 2.04. The van der Waals surface area contributed by atoms with E-state index in [9.17, 15) is 4.79 Å². The van der Waals surface area contributed by atoms with Crippen molar-refractivity contribution < 1.29 is 14.6 Å². The molecule has 2 heterocycles. The lowest BCUT2D eigenvalue weighted by molar-refractivity contribution is -0.150. The summed E-state index contributed by atoms with van der Waals surface area (Å²) in [6.07, 6.45) is -0.785. The summed E-state index contributed by atoms with van der Waals surface area (Å²) in [6.45, 7) is 1.31. The van der Waals surface area contributed by atoms with Gasteiger partial charge in [-0.05, 0) is 5.21 Å². The maximum atomic E-state index is 10.7. The molecule has 1 fully saturated rings. The molecule has 1 aromatic rings. The van der Waals surface area contributed by atoms with E-state index in [1.165, 1.54) is 0 Å². The Labute approximate surface area is 83.5 Å². The molecule has 0 amide bonds. The molecule has 1 aliphatic heterocycles. The molecule has 7 nitrogen and oxygen atoms in total. The highest BCUT2D eigenvalue weighted by Crippen LogP contribution is 2.16. The van der Waals surface area contributed by atoms with Gasteiger partial charge in [0.15, 0.2) is 6.10 Å². The lowest BCUT2D eigenvalue weighted by Crippen LogP contribution is -2.46. The molecule has 0 bridgehead atoms. The summed E-state index contributed by atoms with van der Waals surface area (Å²) >= 11 is 1.15. The Bertz CT molecular complexity index is 317. The molecular weight excluding hydrogens is 208 g/mol. The maximum absolute atomic E-state index is 10.7. The molecule has 1 atom stereocenters. The van der Waals surface area contributed by atoms with Crippen molar-refractivity contribution in [3.63, 3.8) is 0 Å². The van der Waals surface area contributed by atoms with E-state index in [4.69, 9.17) is 9.84 Å². The number of carbonyl (C=O) groups is 1. The molecule has 0 radical (unpaired) electrons. The van der Waals surface area contributed by atoms with Gasteiger partial charge in [-0.1, -0.05) is 9.59 Å². The first-order valence-electron chi connectivity index (χ1n) is 4.02. The fraction of sp³-hybridized carbons (Fsp3) is 0.667. The van der Waals surface area contributed by atoms with E-state index in [2.05, 4.69) is 14.8 Å². The minimum atomic E-state index is -0.952. The first kappa shape index (κ1) is 9.28. The molecule has 1 N–H and O–H groups in total. The molecular formula is C6H8N4O3S. The molecule has 1 aromatic heterocycles. The quantitative estimate of drug-likeness (QED) is 0.693. The summed E-state index contributed by atoms with van der Waals surface area (Å²) in [5, 5.41) is 16.6. The Morgan fingerprint density at radius 2 is 2.57 bits per heavy atom. The van der Waals surface area contributed by atoms with Crippen LogP contribution in [0.4, 0.5) is 5.13 Å². The molecule has 1 unspecified atom stereocenters. The predicted molar refractivity (Wildman–Crippen MR) is 47.3 cm³/mol. The van der Waals surface area contributed by atoms with E-state index in [0.29, 0.717) is 24.8 Å². The van der Waals surface area contributed by atoms with Crippen molar-refractivity contribution >= 4 is 22.6 Å². The van der Waals surface area contributed by atoms with Crippen molar-refractivity contribution in [1.82, 2.24) is 14.8 Å². The standard InChI is InChI=1S/C6H8N4O3S/c11-5(12)4-3-10(1-2-13-4)6-7-8-9-14-6/h4H,1-3H2,(H,11,12). The van der Waals surface area contributed by atoms with E-state index in [-0.39, 0.29) is 0 Å². The average Bonchev–Trinajstić information content (AvgIpc) is 2.71. The van der Waals surface area contributed by atoms with Crippen LogP contribution in [-0.4, -0.2) is 51.7 Å². The molecule has 8 heteroatoms. The van der Waals surface area contributed by atoms with Gasteiger partial charge in [-0.15, -0.1) is 0 Å². The average molecular weight is 216 g/mol. The number of rotatable bonds is 2. The number of aromatic nitrogens is 3. The van der Waals surface area contributed by atoms with Crippen LogP contribution in [0.25, 0.3) is 0 Å². The fourth-order valence-electron chi connectivity index (χ4n) is 1.22. The van der Waals surface area contributed by atoms with Gasteiger partial charge in [0.05, 0.1) is 13.2 Å². The molecule has 1 aliphatic rings. The third-order valence-electron chi connectivity index (χ3n) is 1.90. The smallest absolute Gasteiger partial charge is 0.334 e. The van der Waals surface area contributed by atoms with Gasteiger partial charge >= 0.3 is 5.97 Å². The minimum Gasteiger partial charge on any atom is -0.479 e. The maximum Gasteiger partial charge on any atom is 0.334 e. The van der Waals surface area contributed by atoms with Crippen LogP contribution in [0.2, 0.25) is 0 Å². The second-order valence-corrected chi connectivity index (χ2v) is 3.50. The summed E-state index contributed by atoms with van der Waals surface area (Å²) in [4.78, 5) is 12.5. The van der Waals surface area contributed by atoms with Gasteiger partial charge in [0, 0.05) is 18.1 Å². The van der Waals surface area contributed by atoms with Gasteiger partial charge < -0.3 is 14.7 Å². The zero-order valence-corrected chi connectivity index (χ0v) is 7.98. The summed E-state index contributed by atoms with van der Waals surface area (Å²) in [7, 11) is 0. The Morgan fingerprint density at radius 3 is 3.21 bits per heavy atom. The number of carboxylic acid groups (broad SMARTS) is 1. The largest absolute Gasteiger partial charge is 0.479 e. The molecule has 2 rings (SSSR count). The van der Waals surface area contributed by atoms with Crippen LogP contribution in [-0.2, 0) is 9.53 Å². The van der Waals surface area contributed by atoms with Gasteiger partial charge in [0.1, 0.15) is 0 Å². The van der Waals surface area contributed by atoms with Crippen LogP contribution in [0.3, 0.4) is 0 Å². The third-order valence-corrected chi connectivity index (χ3v) is 2.56. The number of aliphatic carboxylic acids is 1. The van der Waals surface area contributed by atoms with Crippen LogP contribution in [0.1, 0.15) is 0 Å². The predicted octanol–water partition coefficient (Wildman–Crippen LogP) is -0.777. The normalized spacial score (nSPS) is 22.3. The Hall–Kier alpha value is -1.28.